The summed E-state index contributed by atoms with van der Waals surface area (Å²) in [4.78, 5) is 39.4. The predicted octanol–water partition coefficient (Wildman–Crippen LogP) is 4.11. The molecule has 1 aromatic heterocycles. The minimum absolute atomic E-state index is 0.0134. The van der Waals surface area contributed by atoms with Crippen molar-refractivity contribution in [2.45, 2.75) is 20.8 Å². The van der Waals surface area contributed by atoms with Crippen molar-refractivity contribution < 1.29 is 23.9 Å². The summed E-state index contributed by atoms with van der Waals surface area (Å²) in [5.74, 6) is -0.816. The first-order valence-corrected chi connectivity index (χ1v) is 11.7. The zero-order valence-corrected chi connectivity index (χ0v) is 21.1. The van der Waals surface area contributed by atoms with Gasteiger partial charge in [0.05, 0.1) is 25.0 Å². The molecule has 1 N–H and O–H groups in total. The number of rotatable bonds is 6. The number of hydrogen-bond acceptors (Lipinski definition) is 6. The summed E-state index contributed by atoms with van der Waals surface area (Å²) in [6, 6.07) is 15.8. The van der Waals surface area contributed by atoms with Gasteiger partial charge in [-0.1, -0.05) is 0 Å². The van der Waals surface area contributed by atoms with Crippen LogP contribution >= 0.6 is 12.2 Å². The van der Waals surface area contributed by atoms with Crippen LogP contribution in [0.2, 0.25) is 0 Å². The van der Waals surface area contributed by atoms with Gasteiger partial charge in [-0.25, -0.2) is 4.79 Å². The fourth-order valence-corrected chi connectivity index (χ4v) is 4.35. The monoisotopic (exact) mass is 503 g/mol. The molecule has 0 unspecified atom stereocenters. The van der Waals surface area contributed by atoms with Gasteiger partial charge in [-0.15, -0.1) is 0 Å². The molecule has 0 atom stereocenters. The van der Waals surface area contributed by atoms with Crippen LogP contribution < -0.4 is 15.0 Å². The van der Waals surface area contributed by atoms with E-state index in [-0.39, 0.29) is 16.7 Å². The first-order valence-electron chi connectivity index (χ1n) is 11.3. The van der Waals surface area contributed by atoms with E-state index in [1.807, 2.05) is 36.6 Å². The molecule has 8 nitrogen and oxygen atoms in total. The van der Waals surface area contributed by atoms with Crippen molar-refractivity contribution in [3.05, 3.63) is 82.7 Å². The molecule has 1 aliphatic rings. The molecule has 184 valence electrons. The number of esters is 1. The Morgan fingerprint density at radius 1 is 1.03 bits per heavy atom. The SMILES string of the molecule is CCOC(=O)c1ccc(-n2c(C)cc(/C=C3\C(=O)NC(=S)N(c4ccc(OC)cc4)C3=O)c2C)cc1. The number of carbonyl (C=O) groups excluding carboxylic acids is 3. The van der Waals surface area contributed by atoms with Gasteiger partial charge < -0.3 is 14.0 Å². The second-order valence-corrected chi connectivity index (χ2v) is 8.47. The summed E-state index contributed by atoms with van der Waals surface area (Å²) >= 11 is 5.28. The Bertz CT molecular complexity index is 1390. The van der Waals surface area contributed by atoms with E-state index in [9.17, 15) is 14.4 Å². The molecule has 0 spiro atoms. The standard InChI is InChI=1S/C27H25N3O5S/c1-5-35-26(33)18-6-8-20(9-7-18)29-16(2)14-19(17(29)3)15-23-24(31)28-27(36)30(25(23)32)21-10-12-22(34-4)13-11-21/h6-15H,5H2,1-4H3,(H,28,31,36)/b23-15+. The molecule has 0 aliphatic carbocycles. The highest BCUT2D eigenvalue weighted by molar-refractivity contribution is 7.80. The van der Waals surface area contributed by atoms with E-state index >= 15 is 0 Å². The molecule has 2 heterocycles. The van der Waals surface area contributed by atoms with Crippen LogP contribution in [0.4, 0.5) is 5.69 Å². The van der Waals surface area contributed by atoms with Crippen LogP contribution in [0.3, 0.4) is 0 Å². The summed E-state index contributed by atoms with van der Waals surface area (Å²) in [5.41, 5.74) is 4.22. The normalized spacial score (nSPS) is 14.7. The molecule has 1 saturated heterocycles. The maximum atomic E-state index is 13.4. The molecular weight excluding hydrogens is 478 g/mol. The highest BCUT2D eigenvalue weighted by atomic mass is 32.1. The average Bonchev–Trinajstić information content (AvgIpc) is 3.14. The molecule has 0 saturated carbocycles. The van der Waals surface area contributed by atoms with Crippen LogP contribution in [-0.4, -0.2) is 41.2 Å². The number of aryl methyl sites for hydroxylation is 1. The van der Waals surface area contributed by atoms with Crippen molar-refractivity contribution in [1.29, 1.82) is 0 Å². The van der Waals surface area contributed by atoms with Gasteiger partial charge in [0.15, 0.2) is 5.11 Å². The zero-order chi connectivity index (χ0) is 26.0. The van der Waals surface area contributed by atoms with Crippen LogP contribution in [0.15, 0.2) is 60.2 Å². The smallest absolute Gasteiger partial charge is 0.338 e. The third-order valence-electron chi connectivity index (χ3n) is 5.84. The van der Waals surface area contributed by atoms with Crippen molar-refractivity contribution in [3.8, 4) is 11.4 Å². The van der Waals surface area contributed by atoms with Gasteiger partial charge >= 0.3 is 5.97 Å². The number of anilines is 1. The summed E-state index contributed by atoms with van der Waals surface area (Å²) in [6.45, 7) is 5.89. The third kappa shape index (κ3) is 4.65. The summed E-state index contributed by atoms with van der Waals surface area (Å²) in [6.07, 6.45) is 1.57. The van der Waals surface area contributed by atoms with E-state index < -0.39 is 11.8 Å². The molecular formula is C27H25N3O5S. The third-order valence-corrected chi connectivity index (χ3v) is 6.12. The molecule has 1 aliphatic heterocycles. The molecule has 2 aromatic carbocycles. The van der Waals surface area contributed by atoms with Gasteiger partial charge in [0.2, 0.25) is 0 Å². The lowest BCUT2D eigenvalue weighted by atomic mass is 10.1. The van der Waals surface area contributed by atoms with Gasteiger partial charge in [0.25, 0.3) is 11.8 Å². The number of hydrogen-bond donors (Lipinski definition) is 1. The lowest BCUT2D eigenvalue weighted by Crippen LogP contribution is -2.54. The van der Waals surface area contributed by atoms with Crippen LogP contribution in [0.1, 0.15) is 34.2 Å². The van der Waals surface area contributed by atoms with Gasteiger partial charge in [0.1, 0.15) is 11.3 Å². The largest absolute Gasteiger partial charge is 0.497 e. The van der Waals surface area contributed by atoms with Gasteiger partial charge in [-0.05, 0) is 99.2 Å². The quantitative estimate of drug-likeness (QED) is 0.236. The maximum Gasteiger partial charge on any atom is 0.338 e. The van der Waals surface area contributed by atoms with Crippen molar-refractivity contribution in [2.75, 3.05) is 18.6 Å². The van der Waals surface area contributed by atoms with E-state index in [1.54, 1.807) is 56.5 Å². The minimum Gasteiger partial charge on any atom is -0.497 e. The number of ether oxygens (including phenoxy) is 2. The van der Waals surface area contributed by atoms with Crippen LogP contribution in [0, 0.1) is 13.8 Å². The van der Waals surface area contributed by atoms with Crippen molar-refractivity contribution in [3.63, 3.8) is 0 Å². The molecule has 9 heteroatoms. The number of methoxy groups -OCH3 is 1. The fraction of sp³-hybridized carbons (Fsp3) is 0.185. The zero-order valence-electron chi connectivity index (χ0n) is 20.3. The van der Waals surface area contributed by atoms with Crippen molar-refractivity contribution >= 4 is 46.9 Å². The molecule has 1 fully saturated rings. The first kappa shape index (κ1) is 24.9. The van der Waals surface area contributed by atoms with E-state index in [0.29, 0.717) is 29.2 Å². The summed E-state index contributed by atoms with van der Waals surface area (Å²) < 4.78 is 12.2. The Labute approximate surface area is 214 Å². The van der Waals surface area contributed by atoms with Crippen LogP contribution in [0.5, 0.6) is 5.75 Å². The lowest BCUT2D eigenvalue weighted by molar-refractivity contribution is -0.122. The Balaban J connectivity index is 1.68. The van der Waals surface area contributed by atoms with Gasteiger partial charge in [-0.3, -0.25) is 19.8 Å². The highest BCUT2D eigenvalue weighted by Crippen LogP contribution is 2.27. The highest BCUT2D eigenvalue weighted by Gasteiger charge is 2.34. The summed E-state index contributed by atoms with van der Waals surface area (Å²) in [5, 5.41) is 2.62. The van der Waals surface area contributed by atoms with E-state index in [2.05, 4.69) is 5.32 Å². The van der Waals surface area contributed by atoms with Crippen molar-refractivity contribution in [1.82, 2.24) is 9.88 Å². The van der Waals surface area contributed by atoms with E-state index in [1.165, 1.54) is 4.90 Å². The minimum atomic E-state index is -0.557. The Kier molecular flexibility index (Phi) is 7.03. The molecule has 2 amide bonds. The van der Waals surface area contributed by atoms with E-state index in [4.69, 9.17) is 21.7 Å². The number of amides is 2. The number of benzene rings is 2. The lowest BCUT2D eigenvalue weighted by Gasteiger charge is -2.29. The van der Waals surface area contributed by atoms with Crippen LogP contribution in [0.25, 0.3) is 11.8 Å². The molecule has 3 aromatic rings. The Hall–Kier alpha value is -4.24. The maximum absolute atomic E-state index is 13.4. The number of nitrogens with zero attached hydrogens (tertiary/aromatic N) is 2. The number of carbonyl (C=O) groups is 3. The summed E-state index contributed by atoms with van der Waals surface area (Å²) in [7, 11) is 1.55. The van der Waals surface area contributed by atoms with E-state index in [0.717, 1.165) is 17.1 Å². The predicted molar refractivity (Wildman–Crippen MR) is 140 cm³/mol. The molecule has 0 bridgehead atoms. The second kappa shape index (κ2) is 10.2. The second-order valence-electron chi connectivity index (χ2n) is 8.09. The van der Waals surface area contributed by atoms with Crippen molar-refractivity contribution in [2.24, 2.45) is 0 Å². The molecule has 0 radical (unpaired) electrons. The Morgan fingerprint density at radius 3 is 2.28 bits per heavy atom. The fourth-order valence-electron chi connectivity index (χ4n) is 4.07. The number of thiocarbonyl (C=S) groups is 1. The number of aromatic nitrogens is 1. The van der Waals surface area contributed by atoms with Gasteiger partial charge in [0, 0.05) is 17.1 Å². The van der Waals surface area contributed by atoms with Gasteiger partial charge in [-0.2, -0.15) is 0 Å². The Morgan fingerprint density at radius 2 is 1.67 bits per heavy atom. The number of nitrogens with one attached hydrogen (secondary N) is 1. The first-order chi connectivity index (χ1) is 17.2. The average molecular weight is 504 g/mol. The topological polar surface area (TPSA) is 89.9 Å². The molecule has 4 rings (SSSR count). The molecule has 36 heavy (non-hydrogen) atoms. The van der Waals surface area contributed by atoms with Crippen LogP contribution in [-0.2, 0) is 14.3 Å².